The monoisotopic (exact) mass is 784 g/mol. The predicted molar refractivity (Wildman–Crippen MR) is 219 cm³/mol. The highest BCUT2D eigenvalue weighted by Gasteiger charge is 2.44. The number of carbonyl (C=O) groups is 3. The van der Waals surface area contributed by atoms with Crippen LogP contribution in [0.4, 0.5) is 0 Å². The van der Waals surface area contributed by atoms with E-state index < -0.39 is 23.6 Å². The number of ether oxygens (including phenoxy) is 2. The Labute approximate surface area is 332 Å². The lowest BCUT2D eigenvalue weighted by Crippen LogP contribution is -2.61. The van der Waals surface area contributed by atoms with Gasteiger partial charge in [-0.2, -0.15) is 0 Å². The van der Waals surface area contributed by atoms with E-state index in [0.717, 1.165) is 43.5 Å². The van der Waals surface area contributed by atoms with Gasteiger partial charge in [0.1, 0.15) is 5.01 Å². The van der Waals surface area contributed by atoms with E-state index >= 15 is 0 Å². The van der Waals surface area contributed by atoms with E-state index in [1.807, 2.05) is 60.5 Å². The van der Waals surface area contributed by atoms with Crippen LogP contribution in [0, 0.1) is 17.8 Å². The van der Waals surface area contributed by atoms with Crippen molar-refractivity contribution in [1.29, 1.82) is 0 Å². The summed E-state index contributed by atoms with van der Waals surface area (Å²) in [6.45, 7) is 10.9. The molecule has 2 aliphatic rings. The first-order chi connectivity index (χ1) is 25.8. The van der Waals surface area contributed by atoms with Gasteiger partial charge in [-0.15, -0.1) is 11.3 Å². The van der Waals surface area contributed by atoms with Crippen LogP contribution in [-0.4, -0.2) is 101 Å². The summed E-state index contributed by atoms with van der Waals surface area (Å²) in [5, 5.41) is 9.21. The number of aromatic nitrogens is 1. The third-order valence-electron chi connectivity index (χ3n) is 11.8. The highest BCUT2D eigenvalue weighted by atomic mass is 32.1. The van der Waals surface area contributed by atoms with Crippen LogP contribution in [0.15, 0.2) is 41.9 Å². The van der Waals surface area contributed by atoms with Crippen molar-refractivity contribution in [3.05, 3.63) is 52.5 Å². The van der Waals surface area contributed by atoms with Crippen molar-refractivity contribution in [2.75, 3.05) is 27.8 Å². The van der Waals surface area contributed by atoms with Gasteiger partial charge >= 0.3 is 0 Å². The van der Waals surface area contributed by atoms with Crippen LogP contribution in [0.2, 0.25) is 0 Å². The van der Waals surface area contributed by atoms with Crippen molar-refractivity contribution in [2.45, 2.75) is 134 Å². The van der Waals surface area contributed by atoms with Crippen molar-refractivity contribution in [1.82, 2.24) is 25.4 Å². The van der Waals surface area contributed by atoms with Crippen LogP contribution in [0.3, 0.4) is 0 Å². The summed E-state index contributed by atoms with van der Waals surface area (Å²) in [6, 6.07) is 9.13. The number of rotatable bonds is 19. The van der Waals surface area contributed by atoms with Gasteiger partial charge in [-0.1, -0.05) is 96.4 Å². The maximum absolute atomic E-state index is 14.4. The van der Waals surface area contributed by atoms with Gasteiger partial charge in [0.25, 0.3) is 0 Å². The van der Waals surface area contributed by atoms with Crippen molar-refractivity contribution in [3.63, 3.8) is 0 Å². The normalized spacial score (nSPS) is 20.9. The smallest absolute Gasteiger partial charge is 0.246 e. The van der Waals surface area contributed by atoms with Crippen molar-refractivity contribution >= 4 is 46.3 Å². The van der Waals surface area contributed by atoms with Crippen LogP contribution in [0.1, 0.15) is 103 Å². The number of hydrogen-bond acceptors (Lipinski definition) is 10. The van der Waals surface area contributed by atoms with Crippen LogP contribution >= 0.6 is 23.6 Å². The molecule has 2 aromatic rings. The molecule has 1 aliphatic heterocycles. The minimum Gasteiger partial charge on any atom is -0.379 e. The molecule has 0 bridgehead atoms. The molecule has 13 heteroatoms. The van der Waals surface area contributed by atoms with Gasteiger partial charge in [0, 0.05) is 44.3 Å². The molecule has 11 nitrogen and oxygen atoms in total. The minimum absolute atomic E-state index is 0.0176. The third-order valence-corrected chi connectivity index (χ3v) is 13.2. The van der Waals surface area contributed by atoms with E-state index in [1.54, 1.807) is 25.6 Å². The number of thiocarbonyl (C=S) groups is 1. The molecular formula is C41H64N6O5S2. The van der Waals surface area contributed by atoms with E-state index in [4.69, 9.17) is 27.4 Å². The molecule has 2 heterocycles. The van der Waals surface area contributed by atoms with Crippen LogP contribution in [-0.2, 0) is 30.3 Å². The molecule has 1 saturated heterocycles. The highest BCUT2D eigenvalue weighted by Crippen LogP contribution is 2.32. The van der Waals surface area contributed by atoms with Crippen LogP contribution in [0.5, 0.6) is 0 Å². The van der Waals surface area contributed by atoms with E-state index in [2.05, 4.69) is 48.5 Å². The lowest BCUT2D eigenvalue weighted by molar-refractivity contribution is -0.141. The molecule has 0 radical (unpaired) electrons. The largest absolute Gasteiger partial charge is 0.379 e. The fourth-order valence-corrected chi connectivity index (χ4v) is 9.60. The van der Waals surface area contributed by atoms with Gasteiger partial charge in [-0.05, 0) is 56.6 Å². The second kappa shape index (κ2) is 20.4. The van der Waals surface area contributed by atoms with Crippen LogP contribution in [0.25, 0.3) is 0 Å². The van der Waals surface area contributed by atoms with Crippen molar-refractivity contribution in [2.24, 2.45) is 23.5 Å². The lowest BCUT2D eigenvalue weighted by atomic mass is 9.87. The number of imide groups is 1. The number of nitrogens with zero attached hydrogens (tertiary/aromatic N) is 3. The topological polar surface area (TPSA) is 139 Å². The van der Waals surface area contributed by atoms with Gasteiger partial charge in [-0.25, -0.2) is 4.98 Å². The zero-order valence-corrected chi connectivity index (χ0v) is 35.2. The Morgan fingerprint density at radius 3 is 2.35 bits per heavy atom. The number of likely N-dealkylation sites (tertiary alicyclic amines) is 1. The SMILES string of the molecule is CC[C@H](C)[C@@H]([C@@H](CC(=O)N1CCC[C@H]1[C@H](OC)[C@@H](C)C(=S)N[C@@H](Cc1ccccc1)c1nccs1)OC)N(C)[C@H](C(=O)NC(=O)C1(N)CCCC1)C(C)C. The van der Waals surface area contributed by atoms with Gasteiger partial charge in [0.2, 0.25) is 17.7 Å². The molecule has 0 unspecified atom stereocenters. The maximum atomic E-state index is 14.4. The zero-order chi connectivity index (χ0) is 39.6. The summed E-state index contributed by atoms with van der Waals surface area (Å²) in [4.78, 5) is 50.6. The Bertz CT molecular complexity index is 1500. The van der Waals surface area contributed by atoms with E-state index in [-0.39, 0.29) is 60.2 Å². The van der Waals surface area contributed by atoms with Crippen molar-refractivity contribution in [3.8, 4) is 0 Å². The second-order valence-corrected chi connectivity index (χ2v) is 17.2. The Hall–Kier alpha value is -2.81. The predicted octanol–water partition coefficient (Wildman–Crippen LogP) is 5.68. The van der Waals surface area contributed by atoms with E-state index in [1.165, 1.54) is 5.56 Å². The highest BCUT2D eigenvalue weighted by molar-refractivity contribution is 7.80. The second-order valence-electron chi connectivity index (χ2n) is 15.8. The molecular weight excluding hydrogens is 721 g/mol. The molecule has 54 heavy (non-hydrogen) atoms. The van der Waals surface area contributed by atoms with E-state index in [0.29, 0.717) is 24.4 Å². The molecule has 2 fully saturated rings. The number of methoxy groups -OCH3 is 2. The van der Waals surface area contributed by atoms with Gasteiger partial charge in [-0.3, -0.25) is 24.6 Å². The zero-order valence-electron chi connectivity index (χ0n) is 33.6. The molecule has 1 aromatic carbocycles. The molecule has 4 N–H and O–H groups in total. The number of amides is 3. The van der Waals surface area contributed by atoms with Crippen molar-refractivity contribution < 1.29 is 23.9 Å². The van der Waals surface area contributed by atoms with E-state index in [9.17, 15) is 14.4 Å². The summed E-state index contributed by atoms with van der Waals surface area (Å²) >= 11 is 7.64. The molecule has 3 amide bonds. The van der Waals surface area contributed by atoms with Crippen LogP contribution < -0.4 is 16.4 Å². The molecule has 1 saturated carbocycles. The van der Waals surface area contributed by atoms with Gasteiger partial charge in [0.15, 0.2) is 0 Å². The number of hydrogen-bond donors (Lipinski definition) is 3. The summed E-state index contributed by atoms with van der Waals surface area (Å²) < 4.78 is 12.3. The Balaban J connectivity index is 1.48. The quantitative estimate of drug-likeness (QED) is 0.153. The third kappa shape index (κ3) is 10.7. The van der Waals surface area contributed by atoms with Gasteiger partial charge in [0.05, 0.1) is 47.3 Å². The Kier molecular flexibility index (Phi) is 16.6. The standard InChI is InChI=1S/C41H64N6O5S2/c1-9-27(4)35(46(6)34(26(2)3)37(49)45-40(50)41(42)19-13-14-20-41)32(51-7)25-33(48)47-22-15-18-31(47)36(52-8)28(5)38(53)44-30(39-43-21-23-54-39)24-29-16-11-10-12-17-29/h10-12,16-17,21,23,26-28,30-32,34-36H,9,13-15,18-20,22,24-25,42H2,1-8H3,(H,44,53)(H,45,49,50)/t27-,28+,30-,31-,32+,34-,35-,36+/m0/s1. The number of carbonyl (C=O) groups excluding carboxylic acids is 3. The summed E-state index contributed by atoms with van der Waals surface area (Å²) in [7, 11) is 5.23. The minimum atomic E-state index is -1.01. The number of nitrogens with two attached hydrogens (primary N) is 1. The first kappa shape index (κ1) is 43.9. The lowest BCUT2D eigenvalue weighted by Gasteiger charge is -2.43. The molecule has 8 atom stereocenters. The maximum Gasteiger partial charge on any atom is 0.246 e. The average molecular weight is 785 g/mol. The molecule has 300 valence electrons. The van der Waals surface area contributed by atoms with Gasteiger partial charge < -0.3 is 25.4 Å². The summed E-state index contributed by atoms with van der Waals surface area (Å²) in [5.74, 6) is -1.01. The Morgan fingerprint density at radius 1 is 1.09 bits per heavy atom. The number of thiazole rings is 1. The fraction of sp³-hybridized carbons (Fsp3) is 0.683. The first-order valence-electron chi connectivity index (χ1n) is 19.7. The number of benzene rings is 1. The number of nitrogens with one attached hydrogen (secondary N) is 2. The molecule has 4 rings (SSSR count). The first-order valence-corrected chi connectivity index (χ1v) is 21.0. The summed E-state index contributed by atoms with van der Waals surface area (Å²) in [6.07, 6.45) is 7.23. The molecule has 0 spiro atoms. The molecule has 1 aromatic heterocycles. The summed E-state index contributed by atoms with van der Waals surface area (Å²) in [5.41, 5.74) is 6.58. The average Bonchev–Trinajstić information content (AvgIpc) is 3.95. The Morgan fingerprint density at radius 2 is 1.78 bits per heavy atom. The molecule has 1 aliphatic carbocycles. The number of likely N-dealkylation sites (N-methyl/N-ethyl adjacent to an activating group) is 1. The fourth-order valence-electron chi connectivity index (χ4n) is 8.64.